The van der Waals surface area contributed by atoms with Crippen molar-refractivity contribution < 1.29 is 19.6 Å². The first-order chi connectivity index (χ1) is 8.30. The molecule has 1 unspecified atom stereocenters. The highest BCUT2D eigenvalue weighted by atomic mass is 31.1. The van der Waals surface area contributed by atoms with Crippen LogP contribution in [0, 0.1) is 5.92 Å². The van der Waals surface area contributed by atoms with Crippen molar-refractivity contribution in [1.82, 2.24) is 0 Å². The van der Waals surface area contributed by atoms with Crippen molar-refractivity contribution in [3.63, 3.8) is 0 Å². The SMILES string of the molecule is CC(C)(O)[PH](=O)C/C(=C\C1CCCCC1)C(=O)O. The minimum Gasteiger partial charge on any atom is -0.478 e. The average Bonchev–Trinajstić information content (AvgIpc) is 2.28. The van der Waals surface area contributed by atoms with Gasteiger partial charge >= 0.3 is 5.97 Å². The van der Waals surface area contributed by atoms with Crippen molar-refractivity contribution in [3.05, 3.63) is 11.6 Å². The van der Waals surface area contributed by atoms with Crippen LogP contribution in [-0.2, 0) is 9.36 Å². The summed E-state index contributed by atoms with van der Waals surface area (Å²) in [5, 5.41) is 17.5. The minimum absolute atomic E-state index is 0.0139. The quantitative estimate of drug-likeness (QED) is 0.597. The summed E-state index contributed by atoms with van der Waals surface area (Å²) in [4.78, 5) is 11.2. The van der Waals surface area contributed by atoms with Gasteiger partial charge in [-0.3, -0.25) is 0 Å². The largest absolute Gasteiger partial charge is 0.478 e. The van der Waals surface area contributed by atoms with Gasteiger partial charge in [-0.05, 0) is 32.6 Å². The summed E-state index contributed by atoms with van der Waals surface area (Å²) in [6, 6.07) is 0. The molecule has 0 saturated heterocycles. The van der Waals surface area contributed by atoms with Crippen LogP contribution in [0.25, 0.3) is 0 Å². The number of hydrogen-bond acceptors (Lipinski definition) is 3. The third-order valence-electron chi connectivity index (χ3n) is 3.39. The predicted molar refractivity (Wildman–Crippen MR) is 72.5 cm³/mol. The highest BCUT2D eigenvalue weighted by Gasteiger charge is 2.25. The summed E-state index contributed by atoms with van der Waals surface area (Å²) in [5.41, 5.74) is 0.202. The molecule has 18 heavy (non-hydrogen) atoms. The van der Waals surface area contributed by atoms with Gasteiger partial charge in [-0.2, -0.15) is 0 Å². The number of hydrogen-bond donors (Lipinski definition) is 2. The van der Waals surface area contributed by atoms with Gasteiger partial charge in [0.2, 0.25) is 0 Å². The van der Waals surface area contributed by atoms with Crippen LogP contribution in [0.2, 0.25) is 0 Å². The average molecular weight is 274 g/mol. The normalized spacial score (nSPS) is 20.7. The third kappa shape index (κ3) is 4.95. The fraction of sp³-hybridized carbons (Fsp3) is 0.769. The topological polar surface area (TPSA) is 74.6 Å². The first-order valence-electron chi connectivity index (χ1n) is 6.50. The standard InChI is InChI=1S/C13H23O4P/c1-13(2,16)18(17)9-11(12(14)15)8-10-6-4-3-5-7-10/h8,10,16,18H,3-7,9H2,1-2H3,(H,14,15)/b11-8+. The first kappa shape index (κ1) is 15.5. The van der Waals surface area contributed by atoms with Crippen molar-refractivity contribution in [1.29, 1.82) is 0 Å². The van der Waals surface area contributed by atoms with Gasteiger partial charge in [0.25, 0.3) is 0 Å². The maximum absolute atomic E-state index is 11.9. The van der Waals surface area contributed by atoms with Crippen LogP contribution >= 0.6 is 7.80 Å². The Kier molecular flexibility index (Phi) is 5.61. The zero-order valence-electron chi connectivity index (χ0n) is 11.1. The van der Waals surface area contributed by atoms with Crippen LogP contribution in [0.5, 0.6) is 0 Å². The molecule has 2 N–H and O–H groups in total. The van der Waals surface area contributed by atoms with E-state index in [1.54, 1.807) is 6.08 Å². The molecular weight excluding hydrogens is 251 g/mol. The molecule has 1 atom stereocenters. The molecule has 1 fully saturated rings. The number of aliphatic carboxylic acids is 1. The maximum Gasteiger partial charge on any atom is 0.331 e. The summed E-state index contributed by atoms with van der Waals surface area (Å²) < 4.78 is 11.9. The van der Waals surface area contributed by atoms with Crippen molar-refractivity contribution in [3.8, 4) is 0 Å². The number of allylic oxidation sites excluding steroid dienone is 1. The lowest BCUT2D eigenvalue weighted by Crippen LogP contribution is -2.17. The van der Waals surface area contributed by atoms with Gasteiger partial charge in [0.15, 0.2) is 0 Å². The predicted octanol–water partition coefficient (Wildman–Crippen LogP) is 2.87. The Hall–Kier alpha value is -0.600. The van der Waals surface area contributed by atoms with E-state index in [-0.39, 0.29) is 11.7 Å². The number of carbonyl (C=O) groups is 1. The lowest BCUT2D eigenvalue weighted by atomic mass is 9.88. The third-order valence-corrected chi connectivity index (χ3v) is 5.46. The Morgan fingerprint density at radius 1 is 1.33 bits per heavy atom. The maximum atomic E-state index is 11.9. The summed E-state index contributed by atoms with van der Waals surface area (Å²) in [6.07, 6.45) is 7.26. The van der Waals surface area contributed by atoms with Crippen LogP contribution in [0.1, 0.15) is 46.0 Å². The molecule has 0 aromatic carbocycles. The van der Waals surface area contributed by atoms with E-state index in [2.05, 4.69) is 0 Å². The zero-order valence-corrected chi connectivity index (χ0v) is 12.1. The van der Waals surface area contributed by atoms with Crippen LogP contribution < -0.4 is 0 Å². The molecule has 0 spiro atoms. The van der Waals surface area contributed by atoms with Gasteiger partial charge in [-0.25, -0.2) is 4.79 Å². The zero-order chi connectivity index (χ0) is 13.8. The Morgan fingerprint density at radius 3 is 2.33 bits per heavy atom. The number of aliphatic hydroxyl groups is 1. The van der Waals surface area contributed by atoms with Crippen molar-refractivity contribution in [2.45, 2.75) is 51.3 Å². The molecule has 1 rings (SSSR count). The fourth-order valence-corrected chi connectivity index (χ4v) is 3.23. The second-order valence-electron chi connectivity index (χ2n) is 5.55. The lowest BCUT2D eigenvalue weighted by Gasteiger charge is -2.20. The number of carboxylic acid groups (broad SMARTS) is 1. The van der Waals surface area contributed by atoms with Gasteiger partial charge in [-0.15, -0.1) is 0 Å². The summed E-state index contributed by atoms with van der Waals surface area (Å²) in [6.45, 7) is 2.93. The molecular formula is C13H23O4P. The second kappa shape index (κ2) is 6.53. The molecule has 0 aromatic rings. The Labute approximate surface area is 109 Å². The summed E-state index contributed by atoms with van der Waals surface area (Å²) >= 11 is 0. The van der Waals surface area contributed by atoms with E-state index in [9.17, 15) is 14.5 Å². The van der Waals surface area contributed by atoms with Crippen molar-refractivity contribution in [2.24, 2.45) is 5.92 Å². The second-order valence-corrected chi connectivity index (χ2v) is 7.98. The summed E-state index contributed by atoms with van der Waals surface area (Å²) in [5.74, 6) is -0.718. The highest BCUT2D eigenvalue weighted by Crippen LogP contribution is 2.38. The van der Waals surface area contributed by atoms with Gasteiger partial charge in [0, 0.05) is 11.7 Å². The highest BCUT2D eigenvalue weighted by molar-refractivity contribution is 7.46. The summed E-state index contributed by atoms with van der Waals surface area (Å²) in [7, 11) is -2.34. The Balaban J connectivity index is 2.73. The van der Waals surface area contributed by atoms with E-state index in [0.29, 0.717) is 5.92 Å². The van der Waals surface area contributed by atoms with E-state index in [1.165, 1.54) is 20.3 Å². The number of carboxylic acids is 1. The fourth-order valence-electron chi connectivity index (χ4n) is 2.18. The molecule has 4 nitrogen and oxygen atoms in total. The van der Waals surface area contributed by atoms with Crippen molar-refractivity contribution in [2.75, 3.05) is 6.16 Å². The van der Waals surface area contributed by atoms with Gasteiger partial charge < -0.3 is 14.8 Å². The minimum atomic E-state index is -2.34. The van der Waals surface area contributed by atoms with Crippen LogP contribution in [0.4, 0.5) is 0 Å². The Morgan fingerprint density at radius 2 is 1.89 bits per heavy atom. The van der Waals surface area contributed by atoms with Gasteiger partial charge in [0.1, 0.15) is 13.1 Å². The molecule has 1 aliphatic carbocycles. The molecule has 0 bridgehead atoms. The van der Waals surface area contributed by atoms with Crippen LogP contribution in [0.3, 0.4) is 0 Å². The molecule has 1 aliphatic rings. The molecule has 0 heterocycles. The lowest BCUT2D eigenvalue weighted by molar-refractivity contribution is -0.132. The number of rotatable bonds is 5. The van der Waals surface area contributed by atoms with Crippen molar-refractivity contribution >= 4 is 13.8 Å². The van der Waals surface area contributed by atoms with Crippen LogP contribution in [-0.4, -0.2) is 27.7 Å². The van der Waals surface area contributed by atoms with E-state index < -0.39 is 19.1 Å². The molecule has 0 aliphatic heterocycles. The molecule has 5 heteroatoms. The molecule has 1 saturated carbocycles. The van der Waals surface area contributed by atoms with E-state index in [4.69, 9.17) is 5.11 Å². The van der Waals surface area contributed by atoms with E-state index in [1.807, 2.05) is 0 Å². The monoisotopic (exact) mass is 274 g/mol. The van der Waals surface area contributed by atoms with E-state index >= 15 is 0 Å². The molecule has 0 amide bonds. The smallest absolute Gasteiger partial charge is 0.331 e. The first-order valence-corrected chi connectivity index (χ1v) is 8.12. The van der Waals surface area contributed by atoms with E-state index in [0.717, 1.165) is 25.7 Å². The molecule has 0 radical (unpaired) electrons. The molecule has 104 valence electrons. The molecule has 0 aromatic heterocycles. The van der Waals surface area contributed by atoms with Gasteiger partial charge in [-0.1, -0.05) is 25.3 Å². The van der Waals surface area contributed by atoms with Crippen LogP contribution in [0.15, 0.2) is 11.6 Å². The Bertz CT molecular complexity index is 348. The van der Waals surface area contributed by atoms with Gasteiger partial charge in [0.05, 0.1) is 0 Å².